The molecule has 4 nitrogen and oxygen atoms in total. The van der Waals surface area contributed by atoms with Gasteiger partial charge in [0.25, 0.3) is 0 Å². The van der Waals surface area contributed by atoms with Gasteiger partial charge in [-0.15, -0.1) is 0 Å². The van der Waals surface area contributed by atoms with Crippen LogP contribution in [-0.4, -0.2) is 26.1 Å². The van der Waals surface area contributed by atoms with Gasteiger partial charge in [0.2, 0.25) is 5.91 Å². The Morgan fingerprint density at radius 1 is 1.11 bits per heavy atom. The lowest BCUT2D eigenvalue weighted by Crippen LogP contribution is -2.55. The summed E-state index contributed by atoms with van der Waals surface area (Å²) in [5.74, 6) is 2.17. The molecular formula is C21H28ClNO3S. The molecule has 0 saturated heterocycles. The van der Waals surface area contributed by atoms with Gasteiger partial charge in [0.05, 0.1) is 10.6 Å². The minimum absolute atomic E-state index is 0.00165. The van der Waals surface area contributed by atoms with E-state index in [0.29, 0.717) is 5.02 Å². The fraction of sp³-hybridized carbons (Fsp3) is 0.667. The van der Waals surface area contributed by atoms with Gasteiger partial charge in [-0.25, -0.2) is 8.42 Å². The summed E-state index contributed by atoms with van der Waals surface area (Å²) in [4.78, 5) is 12.7. The molecular weight excluding hydrogens is 382 g/mol. The Labute approximate surface area is 167 Å². The molecule has 6 heteroatoms. The molecule has 4 bridgehead atoms. The SMILES string of the molecule is CC(NC(=O)CCS(=O)(=O)c1ccc(Cl)cc1)C12CC3CC(CC(C3)C1)C2. The van der Waals surface area contributed by atoms with Crippen LogP contribution in [0.2, 0.25) is 5.02 Å². The maximum Gasteiger partial charge on any atom is 0.221 e. The average molecular weight is 410 g/mol. The van der Waals surface area contributed by atoms with Crippen molar-refractivity contribution in [3.05, 3.63) is 29.3 Å². The highest BCUT2D eigenvalue weighted by molar-refractivity contribution is 7.91. The summed E-state index contributed by atoms with van der Waals surface area (Å²) in [6.07, 6.45) is 7.80. The molecule has 0 aliphatic heterocycles. The molecule has 1 aromatic rings. The molecule has 0 heterocycles. The molecule has 1 atom stereocenters. The van der Waals surface area contributed by atoms with Gasteiger partial charge in [-0.2, -0.15) is 0 Å². The molecule has 4 aliphatic carbocycles. The molecule has 148 valence electrons. The monoisotopic (exact) mass is 409 g/mol. The van der Waals surface area contributed by atoms with Gasteiger partial charge in [-0.1, -0.05) is 11.6 Å². The van der Waals surface area contributed by atoms with Crippen LogP contribution in [0, 0.1) is 23.2 Å². The first-order chi connectivity index (χ1) is 12.8. The van der Waals surface area contributed by atoms with Crippen LogP contribution in [0.1, 0.15) is 51.9 Å². The van der Waals surface area contributed by atoms with E-state index >= 15 is 0 Å². The number of hydrogen-bond acceptors (Lipinski definition) is 3. The third kappa shape index (κ3) is 3.91. The second-order valence-electron chi connectivity index (χ2n) is 9.09. The molecule has 4 fully saturated rings. The Morgan fingerprint density at radius 2 is 1.63 bits per heavy atom. The lowest BCUT2D eigenvalue weighted by molar-refractivity contribution is -0.125. The van der Waals surface area contributed by atoms with E-state index in [2.05, 4.69) is 12.2 Å². The van der Waals surface area contributed by atoms with E-state index in [9.17, 15) is 13.2 Å². The number of sulfone groups is 1. The minimum atomic E-state index is -3.47. The first kappa shape index (κ1) is 19.3. The van der Waals surface area contributed by atoms with Crippen LogP contribution in [0.3, 0.4) is 0 Å². The molecule has 5 rings (SSSR count). The van der Waals surface area contributed by atoms with Crippen molar-refractivity contribution in [1.29, 1.82) is 0 Å². The zero-order valence-corrected chi connectivity index (χ0v) is 17.4. The van der Waals surface area contributed by atoms with E-state index in [1.807, 2.05) is 0 Å². The highest BCUT2D eigenvalue weighted by Crippen LogP contribution is 2.61. The van der Waals surface area contributed by atoms with E-state index in [1.54, 1.807) is 12.1 Å². The molecule has 1 N–H and O–H groups in total. The molecule has 1 aromatic carbocycles. The van der Waals surface area contributed by atoms with Crippen molar-refractivity contribution in [2.75, 3.05) is 5.75 Å². The first-order valence-corrected chi connectivity index (χ1v) is 12.1. The predicted molar refractivity (Wildman–Crippen MR) is 106 cm³/mol. The molecule has 4 saturated carbocycles. The third-order valence-electron chi connectivity index (χ3n) is 7.15. The molecule has 0 radical (unpaired) electrons. The standard InChI is InChI=1S/C21H28ClNO3S/c1-14(21-11-15-8-16(12-21)10-17(9-15)13-21)23-20(24)6-7-27(25,26)19-4-2-18(22)3-5-19/h2-5,14-17H,6-13H2,1H3,(H,23,24). The normalized spacial score (nSPS) is 33.0. The summed E-state index contributed by atoms with van der Waals surface area (Å²) in [5, 5.41) is 3.64. The molecule has 0 aromatic heterocycles. The maximum absolute atomic E-state index is 12.5. The number of halogens is 1. The van der Waals surface area contributed by atoms with Gasteiger partial charge in [0.1, 0.15) is 0 Å². The van der Waals surface area contributed by atoms with Crippen LogP contribution in [0.15, 0.2) is 29.2 Å². The van der Waals surface area contributed by atoms with Crippen molar-refractivity contribution in [3.63, 3.8) is 0 Å². The van der Waals surface area contributed by atoms with Crippen molar-refractivity contribution in [3.8, 4) is 0 Å². The second-order valence-corrected chi connectivity index (χ2v) is 11.6. The van der Waals surface area contributed by atoms with Crippen LogP contribution in [0.25, 0.3) is 0 Å². The van der Waals surface area contributed by atoms with Crippen molar-refractivity contribution in [2.24, 2.45) is 23.2 Å². The first-order valence-electron chi connectivity index (χ1n) is 10.0. The van der Waals surface area contributed by atoms with Gasteiger partial charge in [0, 0.05) is 17.5 Å². The second kappa shape index (κ2) is 7.07. The Hall–Kier alpha value is -1.07. The van der Waals surface area contributed by atoms with E-state index in [-0.39, 0.29) is 34.4 Å². The Morgan fingerprint density at radius 3 is 2.15 bits per heavy atom. The van der Waals surface area contributed by atoms with Crippen molar-refractivity contribution in [1.82, 2.24) is 5.32 Å². The number of hydrogen-bond donors (Lipinski definition) is 1. The number of carbonyl (C=O) groups is 1. The highest BCUT2D eigenvalue weighted by atomic mass is 35.5. The Bertz CT molecular complexity index is 783. The zero-order valence-electron chi connectivity index (χ0n) is 15.8. The molecule has 1 amide bonds. The summed E-state index contributed by atoms with van der Waals surface area (Å²) < 4.78 is 24.9. The zero-order chi connectivity index (χ0) is 19.2. The number of amides is 1. The van der Waals surface area contributed by atoms with E-state index in [0.717, 1.165) is 17.8 Å². The number of rotatable bonds is 6. The summed E-state index contributed by atoms with van der Waals surface area (Å²) in [6.45, 7) is 2.12. The number of carbonyl (C=O) groups excluding carboxylic acids is 1. The molecule has 0 spiro atoms. The molecule has 4 aliphatic rings. The van der Waals surface area contributed by atoms with Gasteiger partial charge in [-0.3, -0.25) is 4.79 Å². The van der Waals surface area contributed by atoms with Gasteiger partial charge >= 0.3 is 0 Å². The third-order valence-corrected chi connectivity index (χ3v) is 9.14. The molecule has 1 unspecified atom stereocenters. The van der Waals surface area contributed by atoms with Crippen LogP contribution in [0.4, 0.5) is 0 Å². The lowest BCUT2D eigenvalue weighted by atomic mass is 9.48. The van der Waals surface area contributed by atoms with Crippen LogP contribution in [-0.2, 0) is 14.6 Å². The van der Waals surface area contributed by atoms with Gasteiger partial charge in [0.15, 0.2) is 9.84 Å². The average Bonchev–Trinajstić information content (AvgIpc) is 2.59. The quantitative estimate of drug-likeness (QED) is 0.764. The predicted octanol–water partition coefficient (Wildman–Crippen LogP) is 4.22. The molecule has 27 heavy (non-hydrogen) atoms. The van der Waals surface area contributed by atoms with E-state index in [1.165, 1.54) is 50.7 Å². The summed E-state index contributed by atoms with van der Waals surface area (Å²) >= 11 is 5.82. The minimum Gasteiger partial charge on any atom is -0.353 e. The van der Waals surface area contributed by atoms with Crippen molar-refractivity contribution in [2.45, 2.75) is 62.8 Å². The number of nitrogens with one attached hydrogen (secondary N) is 1. The van der Waals surface area contributed by atoms with Crippen molar-refractivity contribution >= 4 is 27.3 Å². The van der Waals surface area contributed by atoms with E-state index < -0.39 is 9.84 Å². The fourth-order valence-corrected chi connectivity index (χ4v) is 7.53. The topological polar surface area (TPSA) is 63.2 Å². The maximum atomic E-state index is 12.5. The highest BCUT2D eigenvalue weighted by Gasteiger charge is 2.53. The van der Waals surface area contributed by atoms with Gasteiger partial charge in [-0.05, 0) is 92.9 Å². The smallest absolute Gasteiger partial charge is 0.221 e. The summed E-state index contributed by atoms with van der Waals surface area (Å²) in [7, 11) is -3.47. The summed E-state index contributed by atoms with van der Waals surface area (Å²) in [6, 6.07) is 6.23. The van der Waals surface area contributed by atoms with Gasteiger partial charge < -0.3 is 5.32 Å². The van der Waals surface area contributed by atoms with Crippen LogP contribution >= 0.6 is 11.6 Å². The largest absolute Gasteiger partial charge is 0.353 e. The van der Waals surface area contributed by atoms with Crippen molar-refractivity contribution < 1.29 is 13.2 Å². The Kier molecular flexibility index (Phi) is 5.04. The number of benzene rings is 1. The van der Waals surface area contributed by atoms with Crippen LogP contribution < -0.4 is 5.32 Å². The van der Waals surface area contributed by atoms with Crippen LogP contribution in [0.5, 0.6) is 0 Å². The fourth-order valence-electron chi connectivity index (χ4n) is 6.16. The lowest BCUT2D eigenvalue weighted by Gasteiger charge is -2.59. The van der Waals surface area contributed by atoms with E-state index in [4.69, 9.17) is 11.6 Å². The summed E-state index contributed by atoms with van der Waals surface area (Å²) in [5.41, 5.74) is 0.236. The Balaban J connectivity index is 1.35.